The van der Waals surface area contributed by atoms with E-state index < -0.39 is 6.10 Å². The molecule has 0 spiro atoms. The van der Waals surface area contributed by atoms with Gasteiger partial charge in [0.2, 0.25) is 0 Å². The lowest BCUT2D eigenvalue weighted by Gasteiger charge is -2.07. The Morgan fingerprint density at radius 2 is 2.29 bits per heavy atom. The molecule has 3 N–H and O–H groups in total. The third-order valence-corrected chi connectivity index (χ3v) is 3.16. The van der Waals surface area contributed by atoms with E-state index in [2.05, 4.69) is 0 Å². The van der Waals surface area contributed by atoms with Crippen LogP contribution in [0.4, 0.5) is 0 Å². The van der Waals surface area contributed by atoms with Gasteiger partial charge in [0.15, 0.2) is 5.58 Å². The fraction of sp³-hybridized carbons (Fsp3) is 0.417. The molecule has 1 aromatic heterocycles. The highest BCUT2D eigenvalue weighted by atomic mass is 16.4. The average molecular weight is 234 g/mol. The molecule has 1 aliphatic rings. The Morgan fingerprint density at radius 1 is 1.53 bits per heavy atom. The van der Waals surface area contributed by atoms with E-state index in [-0.39, 0.29) is 18.3 Å². The van der Waals surface area contributed by atoms with Gasteiger partial charge in [0.05, 0.1) is 11.6 Å². The van der Waals surface area contributed by atoms with E-state index in [0.29, 0.717) is 11.1 Å². The summed E-state index contributed by atoms with van der Waals surface area (Å²) < 4.78 is 6.88. The molecular formula is C12H14N2O3. The Labute approximate surface area is 97.5 Å². The first-order valence-corrected chi connectivity index (χ1v) is 5.74. The van der Waals surface area contributed by atoms with Crippen LogP contribution < -0.4 is 11.5 Å². The van der Waals surface area contributed by atoms with Crippen molar-refractivity contribution >= 4 is 11.1 Å². The molecule has 1 aromatic carbocycles. The summed E-state index contributed by atoms with van der Waals surface area (Å²) >= 11 is 0. The second-order valence-electron chi connectivity index (χ2n) is 4.45. The summed E-state index contributed by atoms with van der Waals surface area (Å²) in [5, 5.41) is 9.63. The minimum absolute atomic E-state index is 0.152. The first-order chi connectivity index (χ1) is 8.20. The molecule has 5 heteroatoms. The third-order valence-electron chi connectivity index (χ3n) is 3.16. The molecule has 1 atom stereocenters. The molecule has 1 saturated carbocycles. The Bertz CT molecular complexity index is 610. The third kappa shape index (κ3) is 1.67. The van der Waals surface area contributed by atoms with Crippen LogP contribution in [-0.2, 0) is 0 Å². The smallest absolute Gasteiger partial charge is 0.408 e. The number of fused-ring (bicyclic) bond motifs is 1. The van der Waals surface area contributed by atoms with Gasteiger partial charge < -0.3 is 15.3 Å². The van der Waals surface area contributed by atoms with Crippen molar-refractivity contribution < 1.29 is 9.52 Å². The molecule has 17 heavy (non-hydrogen) atoms. The van der Waals surface area contributed by atoms with Gasteiger partial charge >= 0.3 is 5.76 Å². The summed E-state index contributed by atoms with van der Waals surface area (Å²) in [6.45, 7) is 0.152. The SMILES string of the molecule is NCC(O)c1ccc2c(c1)oc(=O)n2C1CC1. The van der Waals surface area contributed by atoms with Crippen molar-refractivity contribution in [3.8, 4) is 0 Å². The van der Waals surface area contributed by atoms with Gasteiger partial charge in [-0.1, -0.05) is 6.07 Å². The topological polar surface area (TPSA) is 81.4 Å². The highest BCUT2D eigenvalue weighted by Crippen LogP contribution is 2.36. The molecule has 1 heterocycles. The van der Waals surface area contributed by atoms with Gasteiger partial charge in [-0.05, 0) is 30.5 Å². The molecule has 5 nitrogen and oxygen atoms in total. The van der Waals surface area contributed by atoms with Crippen LogP contribution in [0.5, 0.6) is 0 Å². The maximum absolute atomic E-state index is 11.7. The molecule has 0 amide bonds. The maximum Gasteiger partial charge on any atom is 0.420 e. The average Bonchev–Trinajstić information content (AvgIpc) is 3.10. The normalized spacial score (nSPS) is 17.5. The van der Waals surface area contributed by atoms with Gasteiger partial charge in [0.1, 0.15) is 0 Å². The number of nitrogens with zero attached hydrogens (tertiary/aromatic N) is 1. The summed E-state index contributed by atoms with van der Waals surface area (Å²) in [6, 6.07) is 5.57. The molecule has 0 aliphatic heterocycles. The van der Waals surface area contributed by atoms with E-state index in [9.17, 15) is 9.90 Å². The van der Waals surface area contributed by atoms with Crippen molar-refractivity contribution in [2.24, 2.45) is 5.73 Å². The summed E-state index contributed by atoms with van der Waals surface area (Å²) in [6.07, 6.45) is 1.35. The van der Waals surface area contributed by atoms with Crippen LogP contribution in [0.25, 0.3) is 11.1 Å². The predicted molar refractivity (Wildman–Crippen MR) is 62.8 cm³/mol. The van der Waals surface area contributed by atoms with Gasteiger partial charge in [0, 0.05) is 12.6 Å². The fourth-order valence-corrected chi connectivity index (χ4v) is 2.07. The van der Waals surface area contributed by atoms with Crippen molar-refractivity contribution in [1.82, 2.24) is 4.57 Å². The van der Waals surface area contributed by atoms with Crippen molar-refractivity contribution in [2.45, 2.75) is 25.0 Å². The monoisotopic (exact) mass is 234 g/mol. The molecule has 0 radical (unpaired) electrons. The van der Waals surface area contributed by atoms with E-state index in [4.69, 9.17) is 10.2 Å². The van der Waals surface area contributed by atoms with Gasteiger partial charge in [-0.15, -0.1) is 0 Å². The summed E-state index contributed by atoms with van der Waals surface area (Å²) in [5.74, 6) is -0.318. The number of nitrogens with two attached hydrogens (primary N) is 1. The number of aliphatic hydroxyl groups excluding tert-OH is 1. The maximum atomic E-state index is 11.7. The number of oxazole rings is 1. The zero-order chi connectivity index (χ0) is 12.0. The Balaban J connectivity index is 2.15. The van der Waals surface area contributed by atoms with Gasteiger partial charge in [-0.2, -0.15) is 0 Å². The quantitative estimate of drug-likeness (QED) is 0.827. The largest absolute Gasteiger partial charge is 0.420 e. The molecule has 2 aromatic rings. The summed E-state index contributed by atoms with van der Waals surface area (Å²) in [5.41, 5.74) is 7.39. The van der Waals surface area contributed by atoms with Crippen LogP contribution in [0, 0.1) is 0 Å². The molecule has 90 valence electrons. The van der Waals surface area contributed by atoms with Gasteiger partial charge in [0.25, 0.3) is 0 Å². The predicted octanol–water partition coefficient (Wildman–Crippen LogP) is 0.921. The van der Waals surface area contributed by atoms with Crippen LogP contribution in [0.2, 0.25) is 0 Å². The van der Waals surface area contributed by atoms with Crippen molar-refractivity contribution in [3.05, 3.63) is 34.3 Å². The second kappa shape index (κ2) is 3.72. The van der Waals surface area contributed by atoms with E-state index in [1.807, 2.05) is 6.07 Å². The molecule has 1 unspecified atom stereocenters. The standard InChI is InChI=1S/C12H14N2O3/c13-6-10(15)7-1-4-9-11(5-7)17-12(16)14(9)8-2-3-8/h1,4-5,8,10,15H,2-3,6,13H2. The minimum atomic E-state index is -0.714. The van der Waals surface area contributed by atoms with Crippen LogP contribution in [0.1, 0.15) is 30.6 Å². The zero-order valence-electron chi connectivity index (χ0n) is 9.30. The summed E-state index contributed by atoms with van der Waals surface area (Å²) in [7, 11) is 0. The lowest BCUT2D eigenvalue weighted by Crippen LogP contribution is -2.12. The number of hydrogen-bond donors (Lipinski definition) is 2. The van der Waals surface area contributed by atoms with Gasteiger partial charge in [-0.25, -0.2) is 4.79 Å². The first-order valence-electron chi connectivity index (χ1n) is 5.74. The van der Waals surface area contributed by atoms with E-state index in [1.54, 1.807) is 16.7 Å². The lowest BCUT2D eigenvalue weighted by molar-refractivity contribution is 0.187. The molecule has 1 aliphatic carbocycles. The number of rotatable bonds is 3. The first kappa shape index (κ1) is 10.6. The second-order valence-corrected chi connectivity index (χ2v) is 4.45. The lowest BCUT2D eigenvalue weighted by atomic mass is 10.1. The zero-order valence-corrected chi connectivity index (χ0v) is 9.30. The molecule has 0 bridgehead atoms. The van der Waals surface area contributed by atoms with E-state index in [0.717, 1.165) is 18.4 Å². The van der Waals surface area contributed by atoms with Crippen LogP contribution in [0.15, 0.2) is 27.4 Å². The Kier molecular flexibility index (Phi) is 2.31. The number of benzene rings is 1. The number of hydrogen-bond acceptors (Lipinski definition) is 4. The fourth-order valence-electron chi connectivity index (χ4n) is 2.07. The molecule has 0 saturated heterocycles. The van der Waals surface area contributed by atoms with Crippen LogP contribution in [-0.4, -0.2) is 16.2 Å². The van der Waals surface area contributed by atoms with Crippen molar-refractivity contribution in [1.29, 1.82) is 0 Å². The Morgan fingerprint density at radius 3 is 2.94 bits per heavy atom. The van der Waals surface area contributed by atoms with Gasteiger partial charge in [-0.3, -0.25) is 4.57 Å². The molecular weight excluding hydrogens is 220 g/mol. The van der Waals surface area contributed by atoms with Crippen LogP contribution >= 0.6 is 0 Å². The van der Waals surface area contributed by atoms with Crippen molar-refractivity contribution in [2.75, 3.05) is 6.54 Å². The Hall–Kier alpha value is -1.59. The highest BCUT2D eigenvalue weighted by Gasteiger charge is 2.28. The number of aromatic nitrogens is 1. The van der Waals surface area contributed by atoms with Crippen LogP contribution in [0.3, 0.4) is 0 Å². The van der Waals surface area contributed by atoms with E-state index >= 15 is 0 Å². The summed E-state index contributed by atoms with van der Waals surface area (Å²) in [4.78, 5) is 11.7. The molecule has 3 rings (SSSR count). The van der Waals surface area contributed by atoms with Crippen molar-refractivity contribution in [3.63, 3.8) is 0 Å². The minimum Gasteiger partial charge on any atom is -0.408 e. The van der Waals surface area contributed by atoms with E-state index in [1.165, 1.54) is 0 Å². The molecule has 1 fully saturated rings. The highest BCUT2D eigenvalue weighted by molar-refractivity contribution is 5.74. The number of aliphatic hydroxyl groups is 1.